The molecule has 5 heteroatoms. The third-order valence-corrected chi connectivity index (χ3v) is 4.02. The summed E-state index contributed by atoms with van der Waals surface area (Å²) in [6.45, 7) is 9.31. The minimum atomic E-state index is -3.92. The highest BCUT2D eigenvalue weighted by molar-refractivity contribution is 7.47. The summed E-state index contributed by atoms with van der Waals surface area (Å²) in [7, 11) is -3.92. The Bertz CT molecular complexity index is 225. The van der Waals surface area contributed by atoms with Crippen molar-refractivity contribution in [2.75, 3.05) is 0 Å². The fourth-order valence-electron chi connectivity index (χ4n) is 0.981. The summed E-state index contributed by atoms with van der Waals surface area (Å²) in [6.07, 6.45) is 1.78. The molecule has 0 fully saturated rings. The summed E-state index contributed by atoms with van der Waals surface area (Å²) >= 11 is 0. The van der Waals surface area contributed by atoms with Gasteiger partial charge in [-0.05, 0) is 33.1 Å². The van der Waals surface area contributed by atoms with Gasteiger partial charge in [-0.25, -0.2) is 4.57 Å². The van der Waals surface area contributed by atoms with Crippen LogP contribution in [0.2, 0.25) is 0 Å². The number of hydrogen-bond donors (Lipinski definition) is 1. The van der Waals surface area contributed by atoms with E-state index >= 15 is 0 Å². The Hall–Kier alpha value is 0.110. The molecule has 0 rings (SSSR count). The standard InChI is InChI=1S/C10H23O4P/c1-6-9(4)13-15(11,12)14-10(5,7-2)8-3/h9H,6-8H2,1-5H3,(H,11,12). The maximum absolute atomic E-state index is 11.6. The molecule has 15 heavy (non-hydrogen) atoms. The number of rotatable bonds is 7. The topological polar surface area (TPSA) is 55.8 Å². The summed E-state index contributed by atoms with van der Waals surface area (Å²) in [5.41, 5.74) is -0.586. The molecule has 92 valence electrons. The Balaban J connectivity index is 4.42. The highest BCUT2D eigenvalue weighted by Gasteiger charge is 2.34. The van der Waals surface area contributed by atoms with Crippen LogP contribution in [0.5, 0.6) is 0 Å². The lowest BCUT2D eigenvalue weighted by Crippen LogP contribution is -2.26. The second kappa shape index (κ2) is 6.00. The lowest BCUT2D eigenvalue weighted by molar-refractivity contribution is 0.0175. The van der Waals surface area contributed by atoms with Crippen molar-refractivity contribution in [3.63, 3.8) is 0 Å². The Morgan fingerprint density at radius 1 is 1.33 bits per heavy atom. The van der Waals surface area contributed by atoms with Gasteiger partial charge in [0.2, 0.25) is 0 Å². The molecule has 0 aliphatic heterocycles. The first kappa shape index (κ1) is 15.1. The third-order valence-electron chi connectivity index (χ3n) is 2.72. The molecule has 1 N–H and O–H groups in total. The van der Waals surface area contributed by atoms with Gasteiger partial charge in [-0.1, -0.05) is 20.8 Å². The van der Waals surface area contributed by atoms with Crippen LogP contribution in [0.4, 0.5) is 0 Å². The van der Waals surface area contributed by atoms with Crippen LogP contribution in [0, 0.1) is 0 Å². The van der Waals surface area contributed by atoms with Crippen LogP contribution in [-0.4, -0.2) is 16.6 Å². The van der Waals surface area contributed by atoms with Crippen LogP contribution in [-0.2, 0) is 13.6 Å². The number of hydrogen-bond acceptors (Lipinski definition) is 3. The highest BCUT2D eigenvalue weighted by Crippen LogP contribution is 2.50. The summed E-state index contributed by atoms with van der Waals surface area (Å²) in [5, 5.41) is 0. The highest BCUT2D eigenvalue weighted by atomic mass is 31.2. The zero-order chi connectivity index (χ0) is 12.1. The predicted molar refractivity (Wildman–Crippen MR) is 60.7 cm³/mol. The van der Waals surface area contributed by atoms with Crippen molar-refractivity contribution in [3.05, 3.63) is 0 Å². The van der Waals surface area contributed by atoms with Crippen molar-refractivity contribution in [1.29, 1.82) is 0 Å². The summed E-state index contributed by atoms with van der Waals surface area (Å²) < 4.78 is 21.8. The first-order valence-corrected chi connectivity index (χ1v) is 7.00. The molecule has 0 spiro atoms. The monoisotopic (exact) mass is 238 g/mol. The van der Waals surface area contributed by atoms with Gasteiger partial charge < -0.3 is 4.89 Å². The Labute approximate surface area is 92.6 Å². The zero-order valence-corrected chi connectivity index (χ0v) is 11.2. The van der Waals surface area contributed by atoms with Gasteiger partial charge >= 0.3 is 7.82 Å². The molecule has 0 saturated carbocycles. The van der Waals surface area contributed by atoms with E-state index in [0.29, 0.717) is 19.3 Å². The van der Waals surface area contributed by atoms with Crippen molar-refractivity contribution >= 4 is 7.82 Å². The van der Waals surface area contributed by atoms with Crippen LogP contribution >= 0.6 is 7.82 Å². The average Bonchev–Trinajstić information content (AvgIpc) is 2.16. The van der Waals surface area contributed by atoms with Gasteiger partial charge in [-0.15, -0.1) is 0 Å². The van der Waals surface area contributed by atoms with E-state index in [0.717, 1.165) is 0 Å². The smallest absolute Gasteiger partial charge is 0.302 e. The normalized spacial score (nSPS) is 18.5. The summed E-state index contributed by atoms with van der Waals surface area (Å²) in [5.74, 6) is 0. The first-order chi connectivity index (χ1) is 6.78. The van der Waals surface area contributed by atoms with Gasteiger partial charge in [0, 0.05) is 0 Å². The number of phosphoric ester groups is 1. The van der Waals surface area contributed by atoms with Crippen LogP contribution in [0.1, 0.15) is 53.9 Å². The van der Waals surface area contributed by atoms with E-state index in [1.165, 1.54) is 0 Å². The van der Waals surface area contributed by atoms with Gasteiger partial charge in [-0.3, -0.25) is 9.05 Å². The molecule has 0 aromatic heterocycles. The molecule has 2 atom stereocenters. The molecular weight excluding hydrogens is 215 g/mol. The molecular formula is C10H23O4P. The molecule has 0 radical (unpaired) electrons. The predicted octanol–water partition coefficient (Wildman–Crippen LogP) is 3.50. The molecule has 0 amide bonds. The minimum Gasteiger partial charge on any atom is -0.302 e. The van der Waals surface area contributed by atoms with Gasteiger partial charge in [-0.2, -0.15) is 0 Å². The summed E-state index contributed by atoms with van der Waals surface area (Å²) in [4.78, 5) is 9.52. The van der Waals surface area contributed by atoms with E-state index in [1.807, 2.05) is 27.7 Å². The van der Waals surface area contributed by atoms with Crippen molar-refractivity contribution in [2.24, 2.45) is 0 Å². The van der Waals surface area contributed by atoms with Crippen molar-refractivity contribution in [2.45, 2.75) is 65.6 Å². The van der Waals surface area contributed by atoms with E-state index < -0.39 is 13.4 Å². The lowest BCUT2D eigenvalue weighted by atomic mass is 10.0. The van der Waals surface area contributed by atoms with Gasteiger partial charge in [0.25, 0.3) is 0 Å². The minimum absolute atomic E-state index is 0.265. The maximum Gasteiger partial charge on any atom is 0.472 e. The molecule has 0 aromatic carbocycles. The van der Waals surface area contributed by atoms with E-state index in [-0.39, 0.29) is 6.10 Å². The Morgan fingerprint density at radius 2 is 1.80 bits per heavy atom. The molecule has 0 aromatic rings. The molecule has 0 bridgehead atoms. The second-order valence-electron chi connectivity index (χ2n) is 4.04. The Morgan fingerprint density at radius 3 is 2.13 bits per heavy atom. The fraction of sp³-hybridized carbons (Fsp3) is 1.00. The fourth-order valence-corrected chi connectivity index (χ4v) is 2.44. The van der Waals surface area contributed by atoms with Gasteiger partial charge in [0.05, 0.1) is 11.7 Å². The number of phosphoric acid groups is 1. The van der Waals surface area contributed by atoms with Crippen LogP contribution in [0.3, 0.4) is 0 Å². The van der Waals surface area contributed by atoms with Crippen molar-refractivity contribution in [1.82, 2.24) is 0 Å². The van der Waals surface area contributed by atoms with E-state index in [4.69, 9.17) is 9.05 Å². The molecule has 0 aliphatic rings. The molecule has 0 saturated heterocycles. The maximum atomic E-state index is 11.6. The summed E-state index contributed by atoms with van der Waals surface area (Å²) in [6, 6.07) is 0. The SMILES string of the molecule is CCC(C)OP(=O)(O)OC(C)(CC)CC. The van der Waals surface area contributed by atoms with Crippen LogP contribution in [0.15, 0.2) is 0 Å². The second-order valence-corrected chi connectivity index (χ2v) is 5.37. The van der Waals surface area contributed by atoms with Crippen molar-refractivity contribution in [3.8, 4) is 0 Å². The molecule has 4 nitrogen and oxygen atoms in total. The zero-order valence-electron chi connectivity index (χ0n) is 10.3. The van der Waals surface area contributed by atoms with Crippen LogP contribution in [0.25, 0.3) is 0 Å². The van der Waals surface area contributed by atoms with Crippen molar-refractivity contribution < 1.29 is 18.5 Å². The third kappa shape index (κ3) is 5.67. The van der Waals surface area contributed by atoms with E-state index in [1.54, 1.807) is 6.92 Å². The van der Waals surface area contributed by atoms with Gasteiger partial charge in [0.15, 0.2) is 0 Å². The quantitative estimate of drug-likeness (QED) is 0.690. The Kier molecular flexibility index (Phi) is 6.04. The van der Waals surface area contributed by atoms with Crippen LogP contribution < -0.4 is 0 Å². The molecule has 0 heterocycles. The molecule has 2 unspecified atom stereocenters. The van der Waals surface area contributed by atoms with E-state index in [9.17, 15) is 9.46 Å². The molecule has 0 aliphatic carbocycles. The average molecular weight is 238 g/mol. The van der Waals surface area contributed by atoms with E-state index in [2.05, 4.69) is 0 Å². The lowest BCUT2D eigenvalue weighted by Gasteiger charge is -2.29. The van der Waals surface area contributed by atoms with Gasteiger partial charge in [0.1, 0.15) is 0 Å². The first-order valence-electron chi connectivity index (χ1n) is 5.50. The largest absolute Gasteiger partial charge is 0.472 e.